The fourth-order valence-corrected chi connectivity index (χ4v) is 3.70. The minimum absolute atomic E-state index is 0.682. The summed E-state index contributed by atoms with van der Waals surface area (Å²) in [7, 11) is 1.65. The van der Waals surface area contributed by atoms with Gasteiger partial charge >= 0.3 is 0 Å². The molecular weight excluding hydrogens is 380 g/mol. The molecule has 142 valence electrons. The predicted molar refractivity (Wildman–Crippen MR) is 115 cm³/mol. The van der Waals surface area contributed by atoms with E-state index in [9.17, 15) is 5.26 Å². The number of H-pyrrole nitrogens is 1. The predicted octanol–water partition coefficient (Wildman–Crippen LogP) is 5.31. The summed E-state index contributed by atoms with van der Waals surface area (Å²) in [6, 6.07) is 25.8. The Morgan fingerprint density at radius 2 is 1.69 bits per heavy atom. The fraction of sp³-hybridized carbons (Fsp3) is 0.0870. The van der Waals surface area contributed by atoms with Crippen LogP contribution in [0, 0.1) is 11.3 Å². The van der Waals surface area contributed by atoms with Crippen LogP contribution in [0.25, 0.3) is 22.5 Å². The number of nitrogens with zero attached hydrogens (tertiary/aromatic N) is 3. The molecule has 29 heavy (non-hydrogen) atoms. The normalized spacial score (nSPS) is 10.5. The Hall–Kier alpha value is -3.56. The molecule has 1 aromatic heterocycles. The molecule has 0 aliphatic rings. The van der Waals surface area contributed by atoms with Crippen LogP contribution in [0.1, 0.15) is 11.1 Å². The number of hydrogen-bond donors (Lipinski definition) is 1. The number of methoxy groups -OCH3 is 1. The number of thioether (sulfide) groups is 1. The SMILES string of the molecule is COc1ccc(-c2nc(SCc3ccc(-c4ccccc4C#N)cc3)n[nH]2)cc1. The first-order valence-corrected chi connectivity index (χ1v) is 10.0. The van der Waals surface area contributed by atoms with Crippen LogP contribution in [-0.2, 0) is 5.75 Å². The highest BCUT2D eigenvalue weighted by Crippen LogP contribution is 2.27. The summed E-state index contributed by atoms with van der Waals surface area (Å²) in [6.07, 6.45) is 0. The zero-order valence-electron chi connectivity index (χ0n) is 15.8. The number of hydrogen-bond acceptors (Lipinski definition) is 5. The molecule has 5 nitrogen and oxygen atoms in total. The molecule has 4 rings (SSSR count). The Kier molecular flexibility index (Phi) is 5.59. The molecule has 0 aliphatic carbocycles. The van der Waals surface area contributed by atoms with E-state index in [1.165, 1.54) is 5.56 Å². The molecule has 0 amide bonds. The Balaban J connectivity index is 1.42. The van der Waals surface area contributed by atoms with Gasteiger partial charge in [-0.25, -0.2) is 4.98 Å². The Bertz CT molecular complexity index is 1140. The number of nitrogens with one attached hydrogen (secondary N) is 1. The second-order valence-electron chi connectivity index (χ2n) is 6.34. The summed E-state index contributed by atoms with van der Waals surface area (Å²) in [5.41, 5.74) is 4.80. The highest BCUT2D eigenvalue weighted by Gasteiger charge is 2.08. The summed E-state index contributed by atoms with van der Waals surface area (Å²) in [6.45, 7) is 0. The summed E-state index contributed by atoms with van der Waals surface area (Å²) in [5.74, 6) is 2.31. The van der Waals surface area contributed by atoms with E-state index in [2.05, 4.69) is 33.4 Å². The van der Waals surface area contributed by atoms with Crippen LogP contribution in [0.15, 0.2) is 78.0 Å². The van der Waals surface area contributed by atoms with Gasteiger partial charge < -0.3 is 4.74 Å². The lowest BCUT2D eigenvalue weighted by Crippen LogP contribution is -1.86. The maximum Gasteiger partial charge on any atom is 0.209 e. The number of rotatable bonds is 6. The van der Waals surface area contributed by atoms with Crippen LogP contribution in [-0.4, -0.2) is 22.3 Å². The lowest BCUT2D eigenvalue weighted by molar-refractivity contribution is 0.415. The van der Waals surface area contributed by atoms with Crippen molar-refractivity contribution in [1.29, 1.82) is 5.26 Å². The minimum atomic E-state index is 0.682. The Morgan fingerprint density at radius 1 is 0.966 bits per heavy atom. The highest BCUT2D eigenvalue weighted by atomic mass is 32.2. The van der Waals surface area contributed by atoms with Crippen molar-refractivity contribution in [3.05, 3.63) is 83.9 Å². The smallest absolute Gasteiger partial charge is 0.209 e. The summed E-state index contributed by atoms with van der Waals surface area (Å²) >= 11 is 1.58. The summed E-state index contributed by atoms with van der Waals surface area (Å²) < 4.78 is 5.18. The van der Waals surface area contributed by atoms with E-state index in [1.54, 1.807) is 18.9 Å². The van der Waals surface area contributed by atoms with Gasteiger partial charge in [0, 0.05) is 11.3 Å². The lowest BCUT2D eigenvalue weighted by atomic mass is 10.00. The molecule has 0 aliphatic heterocycles. The summed E-state index contributed by atoms with van der Waals surface area (Å²) in [4.78, 5) is 4.56. The molecule has 1 heterocycles. The molecule has 0 unspecified atom stereocenters. The molecule has 6 heteroatoms. The van der Waals surface area contributed by atoms with E-state index >= 15 is 0 Å². The standard InChI is InChI=1S/C23H18N4OS/c1-28-20-12-10-18(11-13-20)22-25-23(27-26-22)29-15-16-6-8-17(9-7-16)21-5-3-2-4-19(21)14-24/h2-13H,15H2,1H3,(H,25,26,27). The molecule has 0 spiro atoms. The molecule has 0 radical (unpaired) electrons. The molecule has 1 N–H and O–H groups in total. The quantitative estimate of drug-likeness (QED) is 0.445. The van der Waals surface area contributed by atoms with Gasteiger partial charge in [-0.15, -0.1) is 5.10 Å². The van der Waals surface area contributed by atoms with Crippen molar-refractivity contribution >= 4 is 11.8 Å². The van der Waals surface area contributed by atoms with Crippen LogP contribution in [0.2, 0.25) is 0 Å². The lowest BCUT2D eigenvalue weighted by Gasteiger charge is -2.05. The zero-order chi connectivity index (χ0) is 20.1. The van der Waals surface area contributed by atoms with Gasteiger partial charge in [0.1, 0.15) is 5.75 Å². The molecule has 4 aromatic rings. The van der Waals surface area contributed by atoms with Crippen molar-refractivity contribution in [2.24, 2.45) is 0 Å². The second kappa shape index (κ2) is 8.63. The van der Waals surface area contributed by atoms with Crippen molar-refractivity contribution in [3.8, 4) is 34.3 Å². The van der Waals surface area contributed by atoms with E-state index < -0.39 is 0 Å². The van der Waals surface area contributed by atoms with Crippen molar-refractivity contribution in [3.63, 3.8) is 0 Å². The van der Waals surface area contributed by atoms with Crippen LogP contribution in [0.4, 0.5) is 0 Å². The topological polar surface area (TPSA) is 74.6 Å². The highest BCUT2D eigenvalue weighted by molar-refractivity contribution is 7.98. The third-order valence-electron chi connectivity index (χ3n) is 4.51. The van der Waals surface area contributed by atoms with E-state index in [0.717, 1.165) is 34.0 Å². The molecule has 0 bridgehead atoms. The van der Waals surface area contributed by atoms with E-state index in [4.69, 9.17) is 4.74 Å². The van der Waals surface area contributed by atoms with Crippen molar-refractivity contribution in [2.45, 2.75) is 10.9 Å². The first-order valence-electron chi connectivity index (χ1n) is 9.05. The van der Waals surface area contributed by atoms with Gasteiger partial charge in [-0.3, -0.25) is 5.10 Å². The molecule has 0 atom stereocenters. The van der Waals surface area contributed by atoms with Crippen LogP contribution in [0.5, 0.6) is 5.75 Å². The van der Waals surface area contributed by atoms with Crippen LogP contribution < -0.4 is 4.74 Å². The first kappa shape index (κ1) is 18.8. The van der Waals surface area contributed by atoms with Gasteiger partial charge in [0.2, 0.25) is 5.16 Å². The van der Waals surface area contributed by atoms with Gasteiger partial charge in [-0.1, -0.05) is 54.2 Å². The van der Waals surface area contributed by atoms with E-state index in [1.807, 2.05) is 60.7 Å². The molecule has 0 saturated heterocycles. The number of ether oxygens (including phenoxy) is 1. The number of benzene rings is 3. The van der Waals surface area contributed by atoms with Crippen molar-refractivity contribution in [2.75, 3.05) is 7.11 Å². The van der Waals surface area contributed by atoms with E-state index in [-0.39, 0.29) is 0 Å². The third-order valence-corrected chi connectivity index (χ3v) is 5.43. The zero-order valence-corrected chi connectivity index (χ0v) is 16.6. The monoisotopic (exact) mass is 398 g/mol. The van der Waals surface area contributed by atoms with E-state index in [0.29, 0.717) is 10.7 Å². The molecule has 3 aromatic carbocycles. The summed E-state index contributed by atoms with van der Waals surface area (Å²) in [5, 5.41) is 17.3. The molecule has 0 fully saturated rings. The Labute approximate surface area is 173 Å². The fourth-order valence-electron chi connectivity index (χ4n) is 2.95. The molecule has 0 saturated carbocycles. The van der Waals surface area contributed by atoms with Gasteiger partial charge in [0.25, 0.3) is 0 Å². The maximum atomic E-state index is 9.28. The molecular formula is C23H18N4OS. The average Bonchev–Trinajstić information content (AvgIpc) is 3.27. The van der Waals surface area contributed by atoms with Crippen molar-refractivity contribution in [1.82, 2.24) is 15.2 Å². The number of aromatic amines is 1. The van der Waals surface area contributed by atoms with Crippen molar-refractivity contribution < 1.29 is 4.74 Å². The largest absolute Gasteiger partial charge is 0.497 e. The van der Waals surface area contributed by atoms with Gasteiger partial charge in [0.05, 0.1) is 18.7 Å². The number of nitriles is 1. The average molecular weight is 398 g/mol. The van der Waals surface area contributed by atoms with Crippen LogP contribution in [0.3, 0.4) is 0 Å². The van der Waals surface area contributed by atoms with Gasteiger partial charge in [0.15, 0.2) is 5.82 Å². The van der Waals surface area contributed by atoms with Gasteiger partial charge in [-0.05, 0) is 47.0 Å². The van der Waals surface area contributed by atoms with Gasteiger partial charge in [-0.2, -0.15) is 5.26 Å². The number of aromatic nitrogens is 3. The first-order chi connectivity index (χ1) is 14.3. The second-order valence-corrected chi connectivity index (χ2v) is 7.28. The minimum Gasteiger partial charge on any atom is -0.497 e. The Morgan fingerprint density at radius 3 is 2.41 bits per heavy atom. The maximum absolute atomic E-state index is 9.28. The van der Waals surface area contributed by atoms with Crippen LogP contribution >= 0.6 is 11.8 Å². The third kappa shape index (κ3) is 4.31.